The van der Waals surface area contributed by atoms with Crippen molar-refractivity contribution in [3.8, 4) is 0 Å². The molecule has 2 atom stereocenters. The molecule has 2 heterocycles. The highest BCUT2D eigenvalue weighted by Gasteiger charge is 2.50. The first-order valence-corrected chi connectivity index (χ1v) is 12.3. The molecule has 1 fully saturated rings. The van der Waals surface area contributed by atoms with E-state index in [0.717, 1.165) is 20.9 Å². The van der Waals surface area contributed by atoms with E-state index in [1.165, 1.54) is 0 Å². The van der Waals surface area contributed by atoms with Crippen LogP contribution in [0, 0.1) is 0 Å². The Morgan fingerprint density at radius 2 is 1.97 bits per heavy atom. The highest BCUT2D eigenvalue weighted by molar-refractivity contribution is 9.10. The fourth-order valence-corrected chi connectivity index (χ4v) is 7.21. The number of hydrogen-bond acceptors (Lipinski definition) is 5. The Morgan fingerprint density at radius 1 is 1.26 bits per heavy atom. The van der Waals surface area contributed by atoms with Crippen LogP contribution in [0.15, 0.2) is 46.9 Å². The number of nitrogens with one attached hydrogen (secondary N) is 1. The third kappa shape index (κ3) is 4.02. The van der Waals surface area contributed by atoms with Crippen LogP contribution < -0.4 is 5.73 Å². The van der Waals surface area contributed by atoms with Gasteiger partial charge in [-0.3, -0.25) is 4.79 Å². The number of halogens is 1. The molecule has 1 saturated heterocycles. The average molecular weight is 505 g/mol. The highest BCUT2D eigenvalue weighted by Crippen LogP contribution is 2.42. The van der Waals surface area contributed by atoms with Gasteiger partial charge in [0.05, 0.1) is 29.0 Å². The Bertz CT molecular complexity index is 1230. The molecular weight excluding hydrogens is 480 g/mol. The van der Waals surface area contributed by atoms with Gasteiger partial charge in [-0.1, -0.05) is 40.2 Å². The van der Waals surface area contributed by atoms with Gasteiger partial charge in [0.2, 0.25) is 15.9 Å². The number of para-hydroxylation sites is 2. The van der Waals surface area contributed by atoms with E-state index >= 15 is 0 Å². The minimum atomic E-state index is -3.79. The Morgan fingerprint density at radius 3 is 2.58 bits per heavy atom. The van der Waals surface area contributed by atoms with Crippen LogP contribution in [-0.2, 0) is 21.2 Å². The monoisotopic (exact) mass is 504 g/mol. The molecule has 7 nitrogen and oxygen atoms in total. The summed E-state index contributed by atoms with van der Waals surface area (Å²) < 4.78 is 27.8. The number of aromatic nitrogens is 2. The minimum Gasteiger partial charge on any atom is -0.341 e. The Balaban J connectivity index is 1.58. The maximum atomic E-state index is 13.1. The Kier molecular flexibility index (Phi) is 5.47. The summed E-state index contributed by atoms with van der Waals surface area (Å²) in [6.07, 6.45) is 0.471. The van der Waals surface area contributed by atoms with Crippen LogP contribution in [0.5, 0.6) is 0 Å². The average Bonchev–Trinajstić information content (AvgIpc) is 3.19. The van der Waals surface area contributed by atoms with Gasteiger partial charge < -0.3 is 10.7 Å². The lowest BCUT2D eigenvalue weighted by Gasteiger charge is -2.30. The maximum Gasteiger partial charge on any atom is 0.245 e. The summed E-state index contributed by atoms with van der Waals surface area (Å²) in [5.41, 5.74) is 8.90. The molecule has 3 aromatic rings. The number of fused-ring (bicyclic) bond motifs is 1. The summed E-state index contributed by atoms with van der Waals surface area (Å²) in [7, 11) is -3.79. The molecule has 1 amide bonds. The number of sulfonamides is 1. The number of aromatic amines is 1. The molecule has 4 rings (SSSR count). The molecular formula is C22H25BrN4O3S. The fourth-order valence-electron chi connectivity index (χ4n) is 4.10. The van der Waals surface area contributed by atoms with Gasteiger partial charge >= 0.3 is 0 Å². The van der Waals surface area contributed by atoms with Gasteiger partial charge in [-0.25, -0.2) is 17.7 Å². The van der Waals surface area contributed by atoms with Crippen molar-refractivity contribution in [2.24, 2.45) is 5.73 Å². The SMILES string of the molecule is CC(C)(C)N1C(=O)CC(c2ccc(CC(N)c3nc4ccccc4[nH]3)cc2Br)S1(=O)=O. The van der Waals surface area contributed by atoms with E-state index in [9.17, 15) is 13.2 Å². The first-order valence-electron chi connectivity index (χ1n) is 10.0. The van der Waals surface area contributed by atoms with Gasteiger partial charge in [0.1, 0.15) is 11.1 Å². The standard InChI is InChI=1S/C22H25BrN4O3S/c1-22(2,3)27-20(28)12-19(31(27,29)30)14-9-8-13(10-15(14)23)11-16(24)21-25-17-6-4-5-7-18(17)26-21/h4-10,16,19H,11-12,24H2,1-3H3,(H,25,26). The summed E-state index contributed by atoms with van der Waals surface area (Å²) in [4.78, 5) is 20.3. The minimum absolute atomic E-state index is 0.0595. The number of carbonyl (C=O) groups is 1. The third-order valence-electron chi connectivity index (χ3n) is 5.44. The molecule has 31 heavy (non-hydrogen) atoms. The van der Waals surface area contributed by atoms with E-state index in [-0.39, 0.29) is 18.4 Å². The van der Waals surface area contributed by atoms with Crippen LogP contribution in [0.25, 0.3) is 11.0 Å². The van der Waals surface area contributed by atoms with Crippen molar-refractivity contribution in [1.29, 1.82) is 0 Å². The first-order chi connectivity index (χ1) is 14.5. The number of rotatable bonds is 4. The summed E-state index contributed by atoms with van der Waals surface area (Å²) in [6.45, 7) is 5.17. The van der Waals surface area contributed by atoms with E-state index in [1.54, 1.807) is 26.8 Å². The molecule has 0 spiro atoms. The largest absolute Gasteiger partial charge is 0.341 e. The van der Waals surface area contributed by atoms with Crippen molar-refractivity contribution in [2.45, 2.75) is 50.4 Å². The molecule has 2 unspecified atom stereocenters. The molecule has 0 saturated carbocycles. The number of hydrogen-bond donors (Lipinski definition) is 2. The molecule has 0 radical (unpaired) electrons. The van der Waals surface area contributed by atoms with Crippen molar-refractivity contribution in [2.75, 3.05) is 0 Å². The van der Waals surface area contributed by atoms with Crippen molar-refractivity contribution in [3.63, 3.8) is 0 Å². The lowest BCUT2D eigenvalue weighted by Crippen LogP contribution is -2.45. The van der Waals surface area contributed by atoms with E-state index in [4.69, 9.17) is 5.73 Å². The maximum absolute atomic E-state index is 13.1. The second-order valence-electron chi connectivity index (χ2n) is 8.87. The van der Waals surface area contributed by atoms with Gasteiger partial charge in [0.25, 0.3) is 0 Å². The van der Waals surface area contributed by atoms with Crippen molar-refractivity contribution >= 4 is 42.9 Å². The van der Waals surface area contributed by atoms with E-state index in [1.807, 2.05) is 36.4 Å². The van der Waals surface area contributed by atoms with Crippen LogP contribution >= 0.6 is 15.9 Å². The van der Waals surface area contributed by atoms with Crippen molar-refractivity contribution in [3.05, 3.63) is 63.9 Å². The van der Waals surface area contributed by atoms with Gasteiger partial charge in [-0.05, 0) is 56.5 Å². The van der Waals surface area contributed by atoms with E-state index in [2.05, 4.69) is 25.9 Å². The van der Waals surface area contributed by atoms with Crippen molar-refractivity contribution in [1.82, 2.24) is 14.3 Å². The number of nitrogens with two attached hydrogens (primary N) is 1. The van der Waals surface area contributed by atoms with Crippen LogP contribution in [0.1, 0.15) is 55.4 Å². The molecule has 1 aliphatic heterocycles. The molecule has 0 aliphatic carbocycles. The lowest BCUT2D eigenvalue weighted by atomic mass is 10.0. The number of amides is 1. The number of carbonyl (C=O) groups excluding carboxylic acids is 1. The molecule has 3 N–H and O–H groups in total. The highest BCUT2D eigenvalue weighted by atomic mass is 79.9. The predicted octanol–water partition coefficient (Wildman–Crippen LogP) is 3.97. The van der Waals surface area contributed by atoms with E-state index < -0.39 is 20.8 Å². The summed E-state index contributed by atoms with van der Waals surface area (Å²) in [5, 5.41) is -0.897. The Labute approximate surface area is 190 Å². The quantitative estimate of drug-likeness (QED) is 0.558. The number of H-pyrrole nitrogens is 1. The first kappa shape index (κ1) is 22.0. The van der Waals surface area contributed by atoms with Crippen LogP contribution in [0.3, 0.4) is 0 Å². The summed E-state index contributed by atoms with van der Waals surface area (Å²) in [6, 6.07) is 12.9. The lowest BCUT2D eigenvalue weighted by molar-refractivity contribution is -0.128. The normalized spacial score (nSPS) is 19.8. The smallest absolute Gasteiger partial charge is 0.245 e. The second-order valence-corrected chi connectivity index (χ2v) is 11.7. The zero-order valence-corrected chi connectivity index (χ0v) is 20.0. The molecule has 1 aromatic heterocycles. The molecule has 164 valence electrons. The molecule has 2 aromatic carbocycles. The zero-order chi connectivity index (χ0) is 22.6. The van der Waals surface area contributed by atoms with Gasteiger partial charge in [0.15, 0.2) is 0 Å². The van der Waals surface area contributed by atoms with Crippen LogP contribution in [-0.4, -0.2) is 34.1 Å². The van der Waals surface area contributed by atoms with Gasteiger partial charge in [-0.2, -0.15) is 0 Å². The number of nitrogens with zero attached hydrogens (tertiary/aromatic N) is 2. The molecule has 1 aliphatic rings. The van der Waals surface area contributed by atoms with Crippen molar-refractivity contribution < 1.29 is 13.2 Å². The molecule has 9 heteroatoms. The fraction of sp³-hybridized carbons (Fsp3) is 0.364. The number of imidazole rings is 1. The Hall–Kier alpha value is -2.23. The summed E-state index contributed by atoms with van der Waals surface area (Å²) >= 11 is 3.51. The summed E-state index contributed by atoms with van der Waals surface area (Å²) in [5.74, 6) is 0.326. The second kappa shape index (κ2) is 7.72. The van der Waals surface area contributed by atoms with Gasteiger partial charge in [-0.15, -0.1) is 0 Å². The van der Waals surface area contributed by atoms with Crippen LogP contribution in [0.2, 0.25) is 0 Å². The van der Waals surface area contributed by atoms with Gasteiger partial charge in [0, 0.05) is 4.47 Å². The predicted molar refractivity (Wildman–Crippen MR) is 124 cm³/mol. The zero-order valence-electron chi connectivity index (χ0n) is 17.6. The molecule has 0 bridgehead atoms. The van der Waals surface area contributed by atoms with Crippen LogP contribution in [0.4, 0.5) is 0 Å². The third-order valence-corrected chi connectivity index (χ3v) is 8.52. The van der Waals surface area contributed by atoms with E-state index in [0.29, 0.717) is 22.3 Å². The number of benzene rings is 2. The topological polar surface area (TPSA) is 109 Å².